The molecule has 1 atom stereocenters. The highest BCUT2D eigenvalue weighted by Crippen LogP contribution is 2.28. The summed E-state index contributed by atoms with van der Waals surface area (Å²) in [5.74, 6) is 0.510. The maximum absolute atomic E-state index is 12.9. The van der Waals surface area contributed by atoms with Crippen molar-refractivity contribution >= 4 is 39.3 Å². The van der Waals surface area contributed by atoms with Gasteiger partial charge in [0.25, 0.3) is 5.56 Å². The average molecular weight is 580 g/mol. The maximum atomic E-state index is 12.9. The number of hydrogen-bond donors (Lipinski definition) is 3. The standard InChI is InChI=1S/C26H25IN6O2/c1-16-10-19(33-9-8-28-15-33)12-21-24(16)32-25(31-21)23-20(6-7-29-26(23)34)30-14-22(35-2)18-5-3-4-17(11-18)13-27/h3-12,15,22H,13-14H2,1-2H3,(H,31,32)(H2,29,30,34). The highest BCUT2D eigenvalue weighted by Gasteiger charge is 2.18. The van der Waals surface area contributed by atoms with Crippen molar-refractivity contribution in [2.45, 2.75) is 17.5 Å². The number of fused-ring (bicyclic) bond motifs is 1. The number of methoxy groups -OCH3 is 1. The normalized spacial score (nSPS) is 12.2. The summed E-state index contributed by atoms with van der Waals surface area (Å²) in [4.78, 5) is 28.0. The van der Waals surface area contributed by atoms with Crippen LogP contribution in [0.3, 0.4) is 0 Å². The molecule has 8 nitrogen and oxygen atoms in total. The lowest BCUT2D eigenvalue weighted by Gasteiger charge is -2.19. The van der Waals surface area contributed by atoms with Gasteiger partial charge in [0.2, 0.25) is 0 Å². The van der Waals surface area contributed by atoms with Crippen molar-refractivity contribution in [2.24, 2.45) is 0 Å². The van der Waals surface area contributed by atoms with Crippen LogP contribution in [0.1, 0.15) is 22.8 Å². The Morgan fingerprint density at radius 1 is 1.23 bits per heavy atom. The molecule has 35 heavy (non-hydrogen) atoms. The molecule has 5 aromatic rings. The molecule has 0 amide bonds. The Hall–Kier alpha value is -3.44. The fraction of sp³-hybridized carbons (Fsp3) is 0.192. The first-order valence-corrected chi connectivity index (χ1v) is 12.7. The minimum Gasteiger partial charge on any atom is -0.381 e. The van der Waals surface area contributed by atoms with Gasteiger partial charge >= 0.3 is 0 Å². The van der Waals surface area contributed by atoms with E-state index < -0.39 is 0 Å². The third kappa shape index (κ3) is 4.73. The van der Waals surface area contributed by atoms with Gasteiger partial charge in [-0.3, -0.25) is 4.79 Å². The predicted octanol–water partition coefficient (Wildman–Crippen LogP) is 5.15. The van der Waals surface area contributed by atoms with E-state index in [0.29, 0.717) is 23.6 Å². The highest BCUT2D eigenvalue weighted by atomic mass is 127. The summed E-state index contributed by atoms with van der Waals surface area (Å²) in [5, 5.41) is 3.41. The summed E-state index contributed by atoms with van der Waals surface area (Å²) in [6.45, 7) is 2.51. The van der Waals surface area contributed by atoms with E-state index in [-0.39, 0.29) is 11.7 Å². The number of benzene rings is 2. The lowest BCUT2D eigenvalue weighted by atomic mass is 10.1. The zero-order chi connectivity index (χ0) is 24.4. The van der Waals surface area contributed by atoms with Crippen LogP contribution in [0.15, 0.2) is 72.2 Å². The number of H-pyrrole nitrogens is 2. The number of aromatic nitrogens is 5. The van der Waals surface area contributed by atoms with Crippen LogP contribution in [0.5, 0.6) is 0 Å². The monoisotopic (exact) mass is 580 g/mol. The van der Waals surface area contributed by atoms with Gasteiger partial charge in [-0.2, -0.15) is 0 Å². The SMILES string of the molecule is COC(CNc1cc[nH]c(=O)c1-c1nc2c(C)cc(-n3ccnc3)cc2[nH]1)c1cccc(CI)c1. The Labute approximate surface area is 215 Å². The predicted molar refractivity (Wildman–Crippen MR) is 146 cm³/mol. The number of anilines is 1. The molecule has 0 bridgehead atoms. The van der Waals surface area contributed by atoms with E-state index in [2.05, 4.69) is 67.1 Å². The number of nitrogens with zero attached hydrogens (tertiary/aromatic N) is 3. The maximum Gasteiger partial charge on any atom is 0.261 e. The fourth-order valence-electron chi connectivity index (χ4n) is 4.23. The molecule has 1 unspecified atom stereocenters. The van der Waals surface area contributed by atoms with Crippen molar-refractivity contribution in [3.8, 4) is 17.1 Å². The second-order valence-electron chi connectivity index (χ2n) is 8.29. The largest absolute Gasteiger partial charge is 0.381 e. The number of aryl methyl sites for hydroxylation is 1. The molecular weight excluding hydrogens is 555 g/mol. The Bertz CT molecular complexity index is 1520. The van der Waals surface area contributed by atoms with E-state index >= 15 is 0 Å². The van der Waals surface area contributed by atoms with E-state index in [4.69, 9.17) is 9.72 Å². The van der Waals surface area contributed by atoms with Crippen molar-refractivity contribution in [3.63, 3.8) is 0 Å². The lowest BCUT2D eigenvalue weighted by molar-refractivity contribution is 0.114. The van der Waals surface area contributed by atoms with Crippen LogP contribution in [0.25, 0.3) is 28.1 Å². The molecule has 0 saturated carbocycles. The molecule has 3 N–H and O–H groups in total. The number of alkyl halides is 1. The molecule has 0 aliphatic rings. The van der Waals surface area contributed by atoms with E-state index in [0.717, 1.165) is 32.3 Å². The summed E-state index contributed by atoms with van der Waals surface area (Å²) in [6, 6.07) is 14.3. The van der Waals surface area contributed by atoms with Gasteiger partial charge in [-0.25, -0.2) is 9.97 Å². The summed E-state index contributed by atoms with van der Waals surface area (Å²) in [6.07, 6.45) is 6.86. The number of hydrogen-bond acceptors (Lipinski definition) is 5. The molecule has 9 heteroatoms. The van der Waals surface area contributed by atoms with Gasteiger partial charge in [-0.15, -0.1) is 0 Å². The van der Waals surface area contributed by atoms with E-state index in [1.54, 1.807) is 25.8 Å². The highest BCUT2D eigenvalue weighted by molar-refractivity contribution is 14.1. The number of ether oxygens (including phenoxy) is 1. The van der Waals surface area contributed by atoms with Crippen molar-refractivity contribution in [2.75, 3.05) is 19.0 Å². The number of nitrogens with one attached hydrogen (secondary N) is 3. The van der Waals surface area contributed by atoms with Crippen molar-refractivity contribution in [1.82, 2.24) is 24.5 Å². The summed E-state index contributed by atoms with van der Waals surface area (Å²) < 4.78 is 8.63. The molecular formula is C26H25IN6O2. The van der Waals surface area contributed by atoms with Crippen molar-refractivity contribution in [1.29, 1.82) is 0 Å². The topological polar surface area (TPSA) is 101 Å². The molecule has 178 valence electrons. The number of halogens is 1. The fourth-order valence-corrected chi connectivity index (χ4v) is 4.70. The minimum atomic E-state index is -0.220. The molecule has 2 aromatic carbocycles. The second kappa shape index (κ2) is 10.0. The zero-order valence-electron chi connectivity index (χ0n) is 19.4. The van der Waals surface area contributed by atoms with Gasteiger partial charge < -0.3 is 24.6 Å². The van der Waals surface area contributed by atoms with Crippen LogP contribution in [-0.4, -0.2) is 38.2 Å². The molecule has 0 radical (unpaired) electrons. The number of rotatable bonds is 8. The van der Waals surface area contributed by atoms with Crippen molar-refractivity contribution in [3.05, 3.63) is 94.4 Å². The Balaban J connectivity index is 1.48. The Morgan fingerprint density at radius 3 is 2.89 bits per heavy atom. The third-order valence-corrected chi connectivity index (χ3v) is 6.88. The van der Waals surface area contributed by atoms with Gasteiger partial charge in [0.15, 0.2) is 0 Å². The lowest BCUT2D eigenvalue weighted by Crippen LogP contribution is -2.18. The molecule has 0 aliphatic heterocycles. The van der Waals surface area contributed by atoms with E-state index in [9.17, 15) is 4.79 Å². The molecule has 5 rings (SSSR count). The number of imidazole rings is 2. The number of aromatic amines is 2. The van der Waals surface area contributed by atoms with E-state index in [1.165, 1.54) is 5.56 Å². The Morgan fingerprint density at radius 2 is 2.11 bits per heavy atom. The van der Waals surface area contributed by atoms with Crippen LogP contribution >= 0.6 is 22.6 Å². The molecule has 0 fully saturated rings. The van der Waals surface area contributed by atoms with Crippen LogP contribution in [0, 0.1) is 6.92 Å². The average Bonchev–Trinajstić information content (AvgIpc) is 3.55. The van der Waals surface area contributed by atoms with Crippen LogP contribution in [0.4, 0.5) is 5.69 Å². The van der Waals surface area contributed by atoms with Crippen LogP contribution in [-0.2, 0) is 9.16 Å². The van der Waals surface area contributed by atoms with Gasteiger partial charge in [-0.05, 0) is 41.8 Å². The minimum absolute atomic E-state index is 0.166. The first-order chi connectivity index (χ1) is 17.1. The first kappa shape index (κ1) is 23.3. The molecule has 0 aliphatic carbocycles. The summed E-state index contributed by atoms with van der Waals surface area (Å²) in [7, 11) is 1.70. The zero-order valence-corrected chi connectivity index (χ0v) is 21.5. The van der Waals surface area contributed by atoms with Gasteiger partial charge in [0, 0.05) is 42.4 Å². The van der Waals surface area contributed by atoms with Gasteiger partial charge in [0.05, 0.1) is 29.2 Å². The quantitative estimate of drug-likeness (QED) is 0.174. The van der Waals surface area contributed by atoms with Crippen LogP contribution in [0.2, 0.25) is 0 Å². The number of pyridine rings is 1. The molecule has 3 heterocycles. The first-order valence-electron chi connectivity index (χ1n) is 11.2. The summed E-state index contributed by atoms with van der Waals surface area (Å²) in [5.41, 5.74) is 6.91. The third-order valence-electron chi connectivity index (χ3n) is 6.00. The molecule has 0 spiro atoms. The molecule has 3 aromatic heterocycles. The van der Waals surface area contributed by atoms with Gasteiger partial charge in [0.1, 0.15) is 11.4 Å². The van der Waals surface area contributed by atoms with E-state index in [1.807, 2.05) is 35.9 Å². The van der Waals surface area contributed by atoms with Crippen LogP contribution < -0.4 is 10.9 Å². The van der Waals surface area contributed by atoms with Gasteiger partial charge in [-0.1, -0.05) is 46.9 Å². The summed E-state index contributed by atoms with van der Waals surface area (Å²) >= 11 is 2.35. The molecule has 0 saturated heterocycles. The second-order valence-corrected chi connectivity index (χ2v) is 9.06. The smallest absolute Gasteiger partial charge is 0.261 e. The Kier molecular flexibility index (Phi) is 6.69. The van der Waals surface area contributed by atoms with Crippen molar-refractivity contribution < 1.29 is 4.74 Å².